The Hall–Kier alpha value is -2.84. The van der Waals surface area contributed by atoms with E-state index in [1.54, 1.807) is 31.4 Å². The first kappa shape index (κ1) is 16.0. The molecule has 0 fully saturated rings. The van der Waals surface area contributed by atoms with Crippen molar-refractivity contribution in [3.8, 4) is 5.75 Å². The van der Waals surface area contributed by atoms with E-state index in [1.807, 2.05) is 0 Å². The van der Waals surface area contributed by atoms with Gasteiger partial charge in [-0.2, -0.15) is 18.2 Å². The number of methoxy groups -OCH3 is 1. The molecule has 0 aliphatic heterocycles. The molecule has 0 amide bonds. The van der Waals surface area contributed by atoms with Crippen molar-refractivity contribution in [3.05, 3.63) is 36.3 Å². The Balaban J connectivity index is 1.93. The molecule has 0 radical (unpaired) electrons. The Labute approximate surface area is 135 Å². The minimum absolute atomic E-state index is 0.135. The standard InChI is InChI=1S/C15H14F3N5O/c1-9-20-12-7-19-14(21-10-3-5-11(24-2)6-4-10)22-13(12)23(9)8-15(16,17)18/h3-7H,8H2,1-2H3,(H,19,21,22). The third-order valence-electron chi connectivity index (χ3n) is 3.36. The van der Waals surface area contributed by atoms with Crippen molar-refractivity contribution in [1.29, 1.82) is 0 Å². The highest BCUT2D eigenvalue weighted by Crippen LogP contribution is 2.24. The minimum atomic E-state index is -4.35. The normalized spacial score (nSPS) is 11.7. The average molecular weight is 337 g/mol. The summed E-state index contributed by atoms with van der Waals surface area (Å²) in [5, 5.41) is 2.95. The summed E-state index contributed by atoms with van der Waals surface area (Å²) in [6, 6.07) is 7.01. The molecule has 2 aromatic heterocycles. The van der Waals surface area contributed by atoms with Crippen LogP contribution < -0.4 is 10.1 Å². The lowest BCUT2D eigenvalue weighted by atomic mass is 10.3. The van der Waals surface area contributed by atoms with Gasteiger partial charge in [0.15, 0.2) is 5.65 Å². The summed E-state index contributed by atoms with van der Waals surface area (Å²) in [6.07, 6.45) is -2.96. The van der Waals surface area contributed by atoms with Crippen molar-refractivity contribution in [3.63, 3.8) is 0 Å². The van der Waals surface area contributed by atoms with E-state index < -0.39 is 12.7 Å². The fourth-order valence-corrected chi connectivity index (χ4v) is 2.26. The number of hydrogen-bond acceptors (Lipinski definition) is 5. The first-order valence-corrected chi connectivity index (χ1v) is 7.03. The molecule has 0 bridgehead atoms. The van der Waals surface area contributed by atoms with Gasteiger partial charge in [0.05, 0.1) is 13.3 Å². The molecule has 2 heterocycles. The van der Waals surface area contributed by atoms with Crippen molar-refractivity contribution < 1.29 is 17.9 Å². The maximum atomic E-state index is 12.7. The second-order valence-corrected chi connectivity index (χ2v) is 5.12. The highest BCUT2D eigenvalue weighted by molar-refractivity contribution is 5.72. The molecule has 0 spiro atoms. The van der Waals surface area contributed by atoms with Crippen LogP contribution >= 0.6 is 0 Å². The number of alkyl halides is 3. The fourth-order valence-electron chi connectivity index (χ4n) is 2.26. The van der Waals surface area contributed by atoms with Gasteiger partial charge in [-0.1, -0.05) is 0 Å². The van der Waals surface area contributed by atoms with Crippen LogP contribution in [-0.4, -0.2) is 32.8 Å². The smallest absolute Gasteiger partial charge is 0.406 e. The van der Waals surface area contributed by atoms with Crippen LogP contribution in [0.3, 0.4) is 0 Å². The molecule has 1 aromatic carbocycles. The molecule has 0 saturated heterocycles. The number of nitrogens with zero attached hydrogens (tertiary/aromatic N) is 4. The van der Waals surface area contributed by atoms with Gasteiger partial charge in [-0.25, -0.2) is 9.97 Å². The highest BCUT2D eigenvalue weighted by Gasteiger charge is 2.30. The van der Waals surface area contributed by atoms with E-state index in [-0.39, 0.29) is 17.4 Å². The highest BCUT2D eigenvalue weighted by atomic mass is 19.4. The van der Waals surface area contributed by atoms with Crippen LogP contribution in [0.2, 0.25) is 0 Å². The molecule has 126 valence electrons. The van der Waals surface area contributed by atoms with Crippen LogP contribution in [0.15, 0.2) is 30.5 Å². The summed E-state index contributed by atoms with van der Waals surface area (Å²) in [7, 11) is 1.56. The van der Waals surface area contributed by atoms with Crippen molar-refractivity contribution in [2.75, 3.05) is 12.4 Å². The summed E-state index contributed by atoms with van der Waals surface area (Å²) in [5.74, 6) is 1.12. The van der Waals surface area contributed by atoms with Gasteiger partial charge < -0.3 is 14.6 Å². The zero-order valence-electron chi connectivity index (χ0n) is 12.9. The summed E-state index contributed by atoms with van der Waals surface area (Å²) >= 11 is 0. The first-order chi connectivity index (χ1) is 11.4. The van der Waals surface area contributed by atoms with E-state index in [0.29, 0.717) is 17.0 Å². The number of aromatic nitrogens is 4. The van der Waals surface area contributed by atoms with E-state index >= 15 is 0 Å². The second-order valence-electron chi connectivity index (χ2n) is 5.12. The van der Waals surface area contributed by atoms with Crippen molar-refractivity contribution in [2.24, 2.45) is 0 Å². The number of nitrogens with one attached hydrogen (secondary N) is 1. The second kappa shape index (κ2) is 5.99. The number of halogens is 3. The fraction of sp³-hybridized carbons (Fsp3) is 0.267. The first-order valence-electron chi connectivity index (χ1n) is 7.03. The molecular weight excluding hydrogens is 323 g/mol. The van der Waals surface area contributed by atoms with Crippen molar-refractivity contribution >= 4 is 22.8 Å². The molecule has 0 aliphatic rings. The Bertz CT molecular complexity index is 858. The average Bonchev–Trinajstić information content (AvgIpc) is 2.82. The summed E-state index contributed by atoms with van der Waals surface area (Å²) in [6.45, 7) is 0.359. The molecule has 0 atom stereocenters. The SMILES string of the molecule is COc1ccc(Nc2ncc3nc(C)n(CC(F)(F)F)c3n2)cc1. The lowest BCUT2D eigenvalue weighted by Crippen LogP contribution is -2.19. The molecule has 9 heteroatoms. The Morgan fingerprint density at radius 1 is 1.17 bits per heavy atom. The van der Waals surface area contributed by atoms with Gasteiger partial charge in [0.1, 0.15) is 23.6 Å². The van der Waals surface area contributed by atoms with E-state index in [1.165, 1.54) is 13.1 Å². The van der Waals surface area contributed by atoms with Crippen LogP contribution in [0.1, 0.15) is 5.82 Å². The van der Waals surface area contributed by atoms with Gasteiger partial charge in [0.25, 0.3) is 0 Å². The summed E-state index contributed by atoms with van der Waals surface area (Å²) in [5.41, 5.74) is 1.14. The molecule has 6 nitrogen and oxygen atoms in total. The number of aryl methyl sites for hydroxylation is 1. The Kier molecular flexibility index (Phi) is 4.00. The molecule has 3 rings (SSSR count). The monoisotopic (exact) mass is 337 g/mol. The number of fused-ring (bicyclic) bond motifs is 1. The zero-order valence-corrected chi connectivity index (χ0v) is 12.9. The molecule has 0 aliphatic carbocycles. The van der Waals surface area contributed by atoms with Crippen LogP contribution in [-0.2, 0) is 6.54 Å². The third-order valence-corrected chi connectivity index (χ3v) is 3.36. The van der Waals surface area contributed by atoms with Crippen LogP contribution in [0.25, 0.3) is 11.2 Å². The zero-order chi connectivity index (χ0) is 17.3. The van der Waals surface area contributed by atoms with Crippen LogP contribution in [0, 0.1) is 6.92 Å². The van der Waals surface area contributed by atoms with Gasteiger partial charge >= 0.3 is 6.18 Å². The number of imidazole rings is 1. The molecule has 0 saturated carbocycles. The van der Waals surface area contributed by atoms with Gasteiger partial charge in [0.2, 0.25) is 5.95 Å². The maximum Gasteiger partial charge on any atom is 0.406 e. The predicted octanol–water partition coefficient (Wildman–Crippen LogP) is 3.45. The summed E-state index contributed by atoms with van der Waals surface area (Å²) < 4.78 is 44.3. The number of rotatable bonds is 4. The van der Waals surface area contributed by atoms with E-state index in [4.69, 9.17) is 4.74 Å². The van der Waals surface area contributed by atoms with Crippen molar-refractivity contribution in [1.82, 2.24) is 19.5 Å². The van der Waals surface area contributed by atoms with Gasteiger partial charge in [-0.3, -0.25) is 0 Å². The lowest BCUT2D eigenvalue weighted by Gasteiger charge is -2.10. The number of anilines is 2. The lowest BCUT2D eigenvalue weighted by molar-refractivity contribution is -0.140. The predicted molar refractivity (Wildman–Crippen MR) is 82.4 cm³/mol. The minimum Gasteiger partial charge on any atom is -0.497 e. The third kappa shape index (κ3) is 3.39. The largest absolute Gasteiger partial charge is 0.497 e. The van der Waals surface area contributed by atoms with Gasteiger partial charge in [0, 0.05) is 5.69 Å². The number of ether oxygens (including phenoxy) is 1. The Morgan fingerprint density at radius 2 is 1.88 bits per heavy atom. The summed E-state index contributed by atoms with van der Waals surface area (Å²) in [4.78, 5) is 12.3. The Morgan fingerprint density at radius 3 is 2.50 bits per heavy atom. The number of hydrogen-bond donors (Lipinski definition) is 1. The van der Waals surface area contributed by atoms with Gasteiger partial charge in [-0.05, 0) is 31.2 Å². The van der Waals surface area contributed by atoms with Gasteiger partial charge in [-0.15, -0.1) is 0 Å². The van der Waals surface area contributed by atoms with Crippen molar-refractivity contribution in [2.45, 2.75) is 19.6 Å². The topological polar surface area (TPSA) is 64.9 Å². The van der Waals surface area contributed by atoms with Crippen LogP contribution in [0.4, 0.5) is 24.8 Å². The number of benzene rings is 1. The molecule has 3 aromatic rings. The molecular formula is C15H14F3N5O. The quantitative estimate of drug-likeness (QED) is 0.790. The van der Waals surface area contributed by atoms with E-state index in [0.717, 1.165) is 4.57 Å². The van der Waals surface area contributed by atoms with Crippen LogP contribution in [0.5, 0.6) is 5.75 Å². The van der Waals surface area contributed by atoms with E-state index in [9.17, 15) is 13.2 Å². The molecule has 24 heavy (non-hydrogen) atoms. The molecule has 0 unspecified atom stereocenters. The maximum absolute atomic E-state index is 12.7. The molecule has 1 N–H and O–H groups in total. The van der Waals surface area contributed by atoms with E-state index in [2.05, 4.69) is 20.3 Å².